The Morgan fingerprint density at radius 3 is 1.49 bits per heavy atom. The molecule has 348 valence electrons. The first-order valence-corrected chi connectivity index (χ1v) is 23.9. The molecular formula is C47H77O13P. The van der Waals surface area contributed by atoms with Crippen molar-refractivity contribution < 1.29 is 63.1 Å². The van der Waals surface area contributed by atoms with Crippen LogP contribution in [-0.2, 0) is 32.7 Å². The van der Waals surface area contributed by atoms with Crippen LogP contribution in [0.2, 0.25) is 0 Å². The van der Waals surface area contributed by atoms with Crippen LogP contribution in [0, 0.1) is 0 Å². The number of allylic oxidation sites excluding steroid dienone is 14. The van der Waals surface area contributed by atoms with Crippen LogP contribution < -0.4 is 0 Å². The SMILES string of the molecule is CC/C=C\C/C=C\C/C=C\C/C=C\C/C=C\C/C=C\CCC(=O)O[C@H](COC(=O)CCCCCCC/C=C\CCCCCC)COP(=O)(O)OC1C(O)C(O)C(O)[C@@H](O)C1O. The lowest BCUT2D eigenvalue weighted by Gasteiger charge is -2.41. The Labute approximate surface area is 365 Å². The minimum absolute atomic E-state index is 0.0345. The van der Waals surface area contributed by atoms with E-state index in [4.69, 9.17) is 18.5 Å². The predicted molar refractivity (Wildman–Crippen MR) is 239 cm³/mol. The predicted octanol–water partition coefficient (Wildman–Crippen LogP) is 8.50. The first kappa shape index (κ1) is 56.0. The minimum Gasteiger partial charge on any atom is -0.462 e. The van der Waals surface area contributed by atoms with Gasteiger partial charge in [0.25, 0.3) is 0 Å². The molecule has 6 N–H and O–H groups in total. The number of carbonyl (C=O) groups is 2. The van der Waals surface area contributed by atoms with Gasteiger partial charge in [0, 0.05) is 12.8 Å². The molecule has 1 aliphatic rings. The molecule has 61 heavy (non-hydrogen) atoms. The molecular weight excluding hydrogens is 803 g/mol. The third-order valence-corrected chi connectivity index (χ3v) is 10.7. The zero-order chi connectivity index (χ0) is 45.0. The van der Waals surface area contributed by atoms with Gasteiger partial charge in [0.1, 0.15) is 43.2 Å². The number of aliphatic hydroxyl groups is 5. The molecule has 1 saturated carbocycles. The number of ether oxygens (including phenoxy) is 2. The number of esters is 2. The van der Waals surface area contributed by atoms with Crippen LogP contribution >= 0.6 is 7.82 Å². The summed E-state index contributed by atoms with van der Waals surface area (Å²) in [6.45, 7) is 3.08. The number of carbonyl (C=O) groups excluding carboxylic acids is 2. The van der Waals surface area contributed by atoms with Gasteiger partial charge in [-0.25, -0.2) is 4.57 Å². The smallest absolute Gasteiger partial charge is 0.462 e. The van der Waals surface area contributed by atoms with Gasteiger partial charge in [-0.3, -0.25) is 18.6 Å². The number of phosphoric acid groups is 1. The van der Waals surface area contributed by atoms with Gasteiger partial charge < -0.3 is 39.9 Å². The summed E-state index contributed by atoms with van der Waals surface area (Å²) in [6.07, 6.45) is 33.7. The van der Waals surface area contributed by atoms with Gasteiger partial charge in [-0.15, -0.1) is 0 Å². The Morgan fingerprint density at radius 1 is 0.525 bits per heavy atom. The number of hydrogen-bond donors (Lipinski definition) is 6. The fraction of sp³-hybridized carbons (Fsp3) is 0.660. The molecule has 0 bridgehead atoms. The van der Waals surface area contributed by atoms with E-state index < -0.39 is 75.7 Å². The molecule has 1 rings (SSSR count). The van der Waals surface area contributed by atoms with Crippen molar-refractivity contribution >= 4 is 19.8 Å². The molecule has 14 heteroatoms. The van der Waals surface area contributed by atoms with Gasteiger partial charge in [-0.05, 0) is 77.0 Å². The molecule has 0 heterocycles. The van der Waals surface area contributed by atoms with Crippen molar-refractivity contribution in [1.82, 2.24) is 0 Å². The molecule has 1 aliphatic carbocycles. The van der Waals surface area contributed by atoms with Crippen molar-refractivity contribution in [2.24, 2.45) is 0 Å². The second-order valence-electron chi connectivity index (χ2n) is 15.2. The van der Waals surface area contributed by atoms with Crippen LogP contribution in [0.5, 0.6) is 0 Å². The summed E-state index contributed by atoms with van der Waals surface area (Å²) in [5, 5.41) is 50.1. The molecule has 0 radical (unpaired) electrons. The molecule has 0 saturated heterocycles. The number of unbranched alkanes of at least 4 members (excludes halogenated alkanes) is 9. The van der Waals surface area contributed by atoms with E-state index in [-0.39, 0.29) is 12.8 Å². The molecule has 1 fully saturated rings. The molecule has 0 aliphatic heterocycles. The summed E-state index contributed by atoms with van der Waals surface area (Å²) in [6, 6.07) is 0. The molecule has 0 amide bonds. The summed E-state index contributed by atoms with van der Waals surface area (Å²) in [5.74, 6) is -1.22. The largest absolute Gasteiger partial charge is 0.472 e. The summed E-state index contributed by atoms with van der Waals surface area (Å²) in [7, 11) is -5.14. The van der Waals surface area contributed by atoms with Crippen LogP contribution in [-0.4, -0.2) is 98.3 Å². The average molecular weight is 881 g/mol. The molecule has 6 unspecified atom stereocenters. The van der Waals surface area contributed by atoms with E-state index in [0.29, 0.717) is 19.3 Å². The van der Waals surface area contributed by atoms with Crippen molar-refractivity contribution in [3.05, 3.63) is 85.1 Å². The van der Waals surface area contributed by atoms with Crippen LogP contribution in [0.3, 0.4) is 0 Å². The highest BCUT2D eigenvalue weighted by atomic mass is 31.2. The van der Waals surface area contributed by atoms with Gasteiger partial charge in [-0.2, -0.15) is 0 Å². The maximum Gasteiger partial charge on any atom is 0.472 e. The Bertz CT molecular complexity index is 1390. The normalized spacial score (nSPS) is 22.8. The third kappa shape index (κ3) is 29.1. The van der Waals surface area contributed by atoms with E-state index in [1.807, 2.05) is 18.2 Å². The summed E-state index contributed by atoms with van der Waals surface area (Å²) in [4.78, 5) is 35.6. The van der Waals surface area contributed by atoms with Crippen molar-refractivity contribution in [3.63, 3.8) is 0 Å². The highest BCUT2D eigenvalue weighted by Crippen LogP contribution is 2.47. The monoisotopic (exact) mass is 881 g/mol. The van der Waals surface area contributed by atoms with Crippen molar-refractivity contribution in [2.75, 3.05) is 13.2 Å². The highest BCUT2D eigenvalue weighted by Gasteiger charge is 2.51. The molecule has 0 aromatic carbocycles. The Kier molecular flexibility index (Phi) is 33.5. The zero-order valence-electron chi connectivity index (χ0n) is 36.7. The van der Waals surface area contributed by atoms with E-state index in [1.165, 1.54) is 25.7 Å². The molecule has 8 atom stereocenters. The Hall–Kier alpha value is -2.97. The lowest BCUT2D eigenvalue weighted by atomic mass is 9.85. The first-order valence-electron chi connectivity index (χ1n) is 22.4. The highest BCUT2D eigenvalue weighted by molar-refractivity contribution is 7.47. The van der Waals surface area contributed by atoms with E-state index in [1.54, 1.807) is 0 Å². The maximum absolute atomic E-state index is 12.8. The van der Waals surface area contributed by atoms with Crippen LogP contribution in [0.1, 0.15) is 142 Å². The third-order valence-electron chi connectivity index (χ3n) is 9.73. The van der Waals surface area contributed by atoms with E-state index in [9.17, 15) is 44.6 Å². The number of hydrogen-bond acceptors (Lipinski definition) is 12. The quantitative estimate of drug-likeness (QED) is 0.0153. The van der Waals surface area contributed by atoms with Crippen molar-refractivity contribution in [3.8, 4) is 0 Å². The average Bonchev–Trinajstić information content (AvgIpc) is 3.24. The lowest BCUT2D eigenvalue weighted by Crippen LogP contribution is -2.64. The molecule has 0 spiro atoms. The zero-order valence-corrected chi connectivity index (χ0v) is 37.6. The maximum atomic E-state index is 12.8. The standard InChI is InChI=1S/C47H77O13P/c1-3-5-7-9-11-13-15-17-18-19-20-21-22-24-26-28-30-32-34-36-41(49)59-39(38-58-61(55,56)60-47-45(53)43(51)42(50)44(52)46(47)54)37-57-40(48)35-33-31-29-27-25-23-16-14-12-10-8-6-4-2/h5,7,11,13-14,16-18,20-21,24,26,30,32,39,42-47,50-54H,3-4,6,8-10,12,15,19,22-23,25,27-29,31,33-38H2,1-2H3,(H,55,56)/b7-5-,13-11-,16-14-,18-17-,21-20-,26-24-,32-30-/t39-,42?,43-,44?,45?,46?,47?/m1/s1. The van der Waals surface area contributed by atoms with Crippen LogP contribution in [0.15, 0.2) is 85.1 Å². The fourth-order valence-electron chi connectivity index (χ4n) is 6.13. The number of aliphatic hydroxyl groups excluding tert-OH is 5. The fourth-order valence-corrected chi connectivity index (χ4v) is 7.10. The van der Waals surface area contributed by atoms with Gasteiger partial charge in [0.15, 0.2) is 6.10 Å². The summed E-state index contributed by atoms with van der Waals surface area (Å²) < 4.78 is 33.4. The number of phosphoric ester groups is 1. The van der Waals surface area contributed by atoms with E-state index in [0.717, 1.165) is 70.6 Å². The summed E-state index contributed by atoms with van der Waals surface area (Å²) >= 11 is 0. The van der Waals surface area contributed by atoms with E-state index in [2.05, 4.69) is 80.7 Å². The second-order valence-corrected chi connectivity index (χ2v) is 16.6. The van der Waals surface area contributed by atoms with Gasteiger partial charge in [-0.1, -0.05) is 137 Å². The molecule has 0 aromatic rings. The second kappa shape index (κ2) is 36.5. The van der Waals surface area contributed by atoms with Gasteiger partial charge in [0.05, 0.1) is 6.61 Å². The van der Waals surface area contributed by atoms with Crippen LogP contribution in [0.4, 0.5) is 0 Å². The summed E-state index contributed by atoms with van der Waals surface area (Å²) in [5.41, 5.74) is 0. The number of rotatable bonds is 35. The lowest BCUT2D eigenvalue weighted by molar-refractivity contribution is -0.220. The minimum atomic E-state index is -5.14. The van der Waals surface area contributed by atoms with Gasteiger partial charge in [0.2, 0.25) is 0 Å². The Balaban J connectivity index is 2.55. The first-order chi connectivity index (χ1) is 29.4. The van der Waals surface area contributed by atoms with Crippen LogP contribution in [0.25, 0.3) is 0 Å². The molecule has 0 aromatic heterocycles. The van der Waals surface area contributed by atoms with Crippen molar-refractivity contribution in [2.45, 2.75) is 185 Å². The van der Waals surface area contributed by atoms with Gasteiger partial charge >= 0.3 is 19.8 Å². The topological polar surface area (TPSA) is 210 Å². The Morgan fingerprint density at radius 2 is 0.967 bits per heavy atom. The van der Waals surface area contributed by atoms with E-state index >= 15 is 0 Å². The molecule has 13 nitrogen and oxygen atoms in total. The van der Waals surface area contributed by atoms with Crippen molar-refractivity contribution in [1.29, 1.82) is 0 Å².